The van der Waals surface area contributed by atoms with Crippen LogP contribution in [0.15, 0.2) is 36.4 Å². The Morgan fingerprint density at radius 1 is 1.14 bits per heavy atom. The molecule has 1 unspecified atom stereocenters. The number of benzene rings is 2. The Kier molecular flexibility index (Phi) is 2.74. The van der Waals surface area contributed by atoms with Gasteiger partial charge in [0.2, 0.25) is 0 Å². The quantitative estimate of drug-likeness (QED) is 0.711. The van der Waals surface area contributed by atoms with Crippen molar-refractivity contribution >= 4 is 33.4 Å². The molecule has 1 nitrogen and oxygen atoms in total. The Balaban J connectivity index is 2.83. The third-order valence-electron chi connectivity index (χ3n) is 2.32. The van der Waals surface area contributed by atoms with Crippen molar-refractivity contribution in [2.24, 2.45) is 0 Å². The van der Waals surface area contributed by atoms with Crippen LogP contribution in [0.5, 0.6) is 0 Å². The van der Waals surface area contributed by atoms with Crippen molar-refractivity contribution < 1.29 is 5.11 Å². The smallest absolute Gasteiger partial charge is 0.117 e. The molecule has 0 aliphatic heterocycles. The van der Waals surface area contributed by atoms with E-state index in [0.717, 1.165) is 19.9 Å². The minimum atomic E-state index is -0.659. The second-order valence-corrected chi connectivity index (χ2v) is 4.49. The van der Waals surface area contributed by atoms with Gasteiger partial charge in [-0.05, 0) is 46.4 Å². The summed E-state index contributed by atoms with van der Waals surface area (Å²) in [7, 11) is 0. The van der Waals surface area contributed by atoms with Crippen LogP contribution in [0, 0.1) is 3.57 Å². The van der Waals surface area contributed by atoms with Crippen LogP contribution in [0.4, 0.5) is 0 Å². The summed E-state index contributed by atoms with van der Waals surface area (Å²) < 4.78 is 1.06. The van der Waals surface area contributed by atoms with E-state index in [9.17, 15) is 5.11 Å². The predicted octanol–water partition coefficient (Wildman–Crippen LogP) is 3.94. The predicted molar refractivity (Wildman–Crippen MR) is 65.8 cm³/mol. The molecule has 0 bridgehead atoms. The van der Waals surface area contributed by atoms with E-state index >= 15 is 0 Å². The Hall–Kier alpha value is -0.610. The maximum atomic E-state index is 11.6. The normalized spacial score (nSPS) is 13.1. The van der Waals surface area contributed by atoms with Gasteiger partial charge >= 0.3 is 0 Å². The number of hydrogen-bond donors (Lipinski definition) is 0. The second kappa shape index (κ2) is 3.87. The third kappa shape index (κ3) is 1.64. The average molecular weight is 297 g/mol. The van der Waals surface area contributed by atoms with Crippen LogP contribution in [0.25, 0.3) is 10.8 Å². The Labute approximate surface area is 96.9 Å². The van der Waals surface area contributed by atoms with Gasteiger partial charge in [0, 0.05) is 9.13 Å². The van der Waals surface area contributed by atoms with Crippen molar-refractivity contribution in [1.29, 1.82) is 0 Å². The van der Waals surface area contributed by atoms with Crippen molar-refractivity contribution in [1.82, 2.24) is 0 Å². The highest BCUT2D eigenvalue weighted by atomic mass is 127. The van der Waals surface area contributed by atoms with Gasteiger partial charge in [-0.15, -0.1) is 0 Å². The minimum Gasteiger partial charge on any atom is -0.228 e. The van der Waals surface area contributed by atoms with E-state index in [1.54, 1.807) is 6.92 Å². The van der Waals surface area contributed by atoms with Gasteiger partial charge < -0.3 is 0 Å². The first-order valence-corrected chi connectivity index (χ1v) is 5.61. The summed E-state index contributed by atoms with van der Waals surface area (Å²) in [5.74, 6) is 0. The fraction of sp³-hybridized carbons (Fsp3) is 0.167. The lowest BCUT2D eigenvalue weighted by molar-refractivity contribution is 0.107. The lowest BCUT2D eigenvalue weighted by Crippen LogP contribution is -1.94. The first-order valence-electron chi connectivity index (χ1n) is 4.53. The van der Waals surface area contributed by atoms with E-state index < -0.39 is 6.10 Å². The fourth-order valence-corrected chi connectivity index (χ4v) is 2.59. The Morgan fingerprint density at radius 2 is 1.86 bits per heavy atom. The summed E-state index contributed by atoms with van der Waals surface area (Å²) in [6, 6.07) is 12.1. The van der Waals surface area contributed by atoms with Crippen LogP contribution in [0.3, 0.4) is 0 Å². The maximum Gasteiger partial charge on any atom is 0.117 e. The highest BCUT2D eigenvalue weighted by Crippen LogP contribution is 2.28. The topological polar surface area (TPSA) is 19.9 Å². The van der Waals surface area contributed by atoms with E-state index in [1.165, 1.54) is 0 Å². The van der Waals surface area contributed by atoms with E-state index in [4.69, 9.17) is 0 Å². The molecule has 0 aliphatic rings. The Morgan fingerprint density at radius 3 is 2.57 bits per heavy atom. The molecule has 0 fully saturated rings. The maximum absolute atomic E-state index is 11.6. The van der Waals surface area contributed by atoms with Gasteiger partial charge in [0.15, 0.2) is 0 Å². The minimum absolute atomic E-state index is 0.659. The summed E-state index contributed by atoms with van der Waals surface area (Å²) in [6.07, 6.45) is -0.659. The SMILES string of the molecule is CC([O])c1c(I)ccc2ccccc12. The summed E-state index contributed by atoms with van der Waals surface area (Å²) in [5.41, 5.74) is 0.920. The molecule has 0 saturated carbocycles. The summed E-state index contributed by atoms with van der Waals surface area (Å²) in [6.45, 7) is 1.70. The van der Waals surface area contributed by atoms with Crippen LogP contribution in [-0.4, -0.2) is 0 Å². The zero-order chi connectivity index (χ0) is 10.1. The molecule has 2 heteroatoms. The van der Waals surface area contributed by atoms with Crippen LogP contribution >= 0.6 is 22.6 Å². The summed E-state index contributed by atoms with van der Waals surface area (Å²) in [4.78, 5) is 0. The number of rotatable bonds is 1. The molecule has 2 aromatic carbocycles. The van der Waals surface area contributed by atoms with Crippen LogP contribution in [-0.2, 0) is 5.11 Å². The summed E-state index contributed by atoms with van der Waals surface area (Å²) >= 11 is 2.22. The lowest BCUT2D eigenvalue weighted by Gasteiger charge is -2.09. The van der Waals surface area contributed by atoms with Gasteiger partial charge in [0.1, 0.15) is 6.10 Å². The fourth-order valence-electron chi connectivity index (χ4n) is 1.68. The highest BCUT2D eigenvalue weighted by molar-refractivity contribution is 14.1. The largest absolute Gasteiger partial charge is 0.228 e. The van der Waals surface area contributed by atoms with Crippen LogP contribution < -0.4 is 0 Å². The number of hydrogen-bond acceptors (Lipinski definition) is 0. The first kappa shape index (κ1) is 9.93. The van der Waals surface area contributed by atoms with Gasteiger partial charge in [-0.3, -0.25) is 0 Å². The van der Waals surface area contributed by atoms with Crippen molar-refractivity contribution in [3.05, 3.63) is 45.5 Å². The molecule has 0 saturated heterocycles. The van der Waals surface area contributed by atoms with Gasteiger partial charge in [-0.2, -0.15) is 0 Å². The van der Waals surface area contributed by atoms with Crippen molar-refractivity contribution in [3.63, 3.8) is 0 Å². The molecule has 1 radical (unpaired) electrons. The van der Waals surface area contributed by atoms with Gasteiger partial charge in [0.25, 0.3) is 0 Å². The molecule has 0 heterocycles. The molecule has 2 aromatic rings. The molecule has 1 atom stereocenters. The zero-order valence-corrected chi connectivity index (χ0v) is 9.99. The molecule has 0 aliphatic carbocycles. The molecule has 0 N–H and O–H groups in total. The number of fused-ring (bicyclic) bond motifs is 1. The van der Waals surface area contributed by atoms with Crippen LogP contribution in [0.2, 0.25) is 0 Å². The standard InChI is InChI=1S/C12H10IO/c1-8(14)12-10-5-3-2-4-9(10)6-7-11(12)13/h2-8H,1H3. The van der Waals surface area contributed by atoms with Crippen molar-refractivity contribution in [3.8, 4) is 0 Å². The van der Waals surface area contributed by atoms with Crippen molar-refractivity contribution in [2.45, 2.75) is 13.0 Å². The van der Waals surface area contributed by atoms with E-state index in [-0.39, 0.29) is 0 Å². The average Bonchev–Trinajstić information content (AvgIpc) is 2.17. The van der Waals surface area contributed by atoms with Gasteiger partial charge in [-0.1, -0.05) is 30.3 Å². The molecule has 0 amide bonds. The molecule has 0 aromatic heterocycles. The van der Waals surface area contributed by atoms with Crippen LogP contribution in [0.1, 0.15) is 18.6 Å². The summed E-state index contributed by atoms with van der Waals surface area (Å²) in [5, 5.41) is 13.8. The van der Waals surface area contributed by atoms with Gasteiger partial charge in [0.05, 0.1) is 0 Å². The number of halogens is 1. The first-order chi connectivity index (χ1) is 6.70. The molecule has 14 heavy (non-hydrogen) atoms. The molecule has 0 spiro atoms. The Bertz CT molecular complexity index is 463. The molecular formula is C12H10IO. The zero-order valence-electron chi connectivity index (χ0n) is 7.83. The third-order valence-corrected chi connectivity index (χ3v) is 3.26. The monoisotopic (exact) mass is 297 g/mol. The van der Waals surface area contributed by atoms with E-state index in [1.807, 2.05) is 30.3 Å². The van der Waals surface area contributed by atoms with E-state index in [0.29, 0.717) is 0 Å². The highest BCUT2D eigenvalue weighted by Gasteiger charge is 2.11. The molecule has 71 valence electrons. The van der Waals surface area contributed by atoms with Gasteiger partial charge in [-0.25, -0.2) is 5.11 Å². The molecule has 2 rings (SSSR count). The second-order valence-electron chi connectivity index (χ2n) is 3.32. The van der Waals surface area contributed by atoms with Crippen molar-refractivity contribution in [2.75, 3.05) is 0 Å². The molecular weight excluding hydrogens is 287 g/mol. The van der Waals surface area contributed by atoms with E-state index in [2.05, 4.69) is 28.7 Å². The lowest BCUT2D eigenvalue weighted by atomic mass is 10.0.